The molecule has 2 aromatic carbocycles. The highest BCUT2D eigenvalue weighted by molar-refractivity contribution is 5.61. The Hall–Kier alpha value is -2.48. The molecule has 2 nitrogen and oxygen atoms in total. The van der Waals surface area contributed by atoms with Gasteiger partial charge in [0.15, 0.2) is 0 Å². The third-order valence-electron chi connectivity index (χ3n) is 3.22. The van der Waals surface area contributed by atoms with Gasteiger partial charge in [0.05, 0.1) is 0 Å². The molecule has 0 bridgehead atoms. The molecule has 0 heterocycles. The van der Waals surface area contributed by atoms with Crippen LogP contribution in [0.3, 0.4) is 0 Å². The van der Waals surface area contributed by atoms with E-state index in [-0.39, 0.29) is 17.4 Å². The zero-order chi connectivity index (χ0) is 15.2. The highest BCUT2D eigenvalue weighted by Crippen LogP contribution is 2.35. The second-order valence-corrected chi connectivity index (χ2v) is 5.26. The molecule has 2 N–H and O–H groups in total. The molecule has 0 aliphatic carbocycles. The lowest BCUT2D eigenvalue weighted by Gasteiger charge is -2.11. The van der Waals surface area contributed by atoms with E-state index in [1.54, 1.807) is 12.1 Å². The predicted octanol–water partition coefficient (Wildman–Crippen LogP) is 4.95. The lowest BCUT2D eigenvalue weighted by molar-refractivity contribution is 0.433. The third-order valence-corrected chi connectivity index (χ3v) is 3.22. The summed E-state index contributed by atoms with van der Waals surface area (Å²) in [6, 6.07) is 13.4. The lowest BCUT2D eigenvalue weighted by Crippen LogP contribution is -1.90. The summed E-state index contributed by atoms with van der Waals surface area (Å²) in [5.74, 6) is 0.356. The summed E-state index contributed by atoms with van der Waals surface area (Å²) < 4.78 is 0. The van der Waals surface area contributed by atoms with Crippen molar-refractivity contribution in [3.8, 4) is 11.5 Å². The molecular weight excluding hydrogens is 260 g/mol. The van der Waals surface area contributed by atoms with Gasteiger partial charge in [0.2, 0.25) is 0 Å². The number of rotatable bonds is 4. The molecule has 2 aromatic rings. The minimum Gasteiger partial charge on any atom is -0.507 e. The van der Waals surface area contributed by atoms with E-state index in [1.165, 1.54) is 0 Å². The summed E-state index contributed by atoms with van der Waals surface area (Å²) >= 11 is 0. The largest absolute Gasteiger partial charge is 0.507 e. The summed E-state index contributed by atoms with van der Waals surface area (Å²) in [6.07, 6.45) is 7.66. The van der Waals surface area contributed by atoms with Crippen LogP contribution in [0.2, 0.25) is 0 Å². The number of aromatic hydroxyl groups is 2. The van der Waals surface area contributed by atoms with Crippen LogP contribution in [0, 0.1) is 0 Å². The second kappa shape index (κ2) is 6.80. The Morgan fingerprint density at radius 2 is 1.33 bits per heavy atom. The van der Waals surface area contributed by atoms with Gasteiger partial charge in [0.25, 0.3) is 0 Å². The van der Waals surface area contributed by atoms with Crippen LogP contribution in [-0.4, -0.2) is 10.2 Å². The van der Waals surface area contributed by atoms with Crippen molar-refractivity contribution < 1.29 is 10.2 Å². The molecule has 21 heavy (non-hydrogen) atoms. The standard InChI is InChI=1S/C19H20O2/c1-14(2)19-17(20)12-16(13-18(19)21)11-7-6-10-15-8-4-3-5-9-15/h3-14,20-21H,1-2H3. The Balaban J connectivity index is 2.13. The Labute approximate surface area is 125 Å². The van der Waals surface area contributed by atoms with Crippen LogP contribution in [0.5, 0.6) is 11.5 Å². The van der Waals surface area contributed by atoms with Crippen molar-refractivity contribution in [1.29, 1.82) is 0 Å². The van der Waals surface area contributed by atoms with Crippen molar-refractivity contribution >= 4 is 12.2 Å². The smallest absolute Gasteiger partial charge is 0.123 e. The van der Waals surface area contributed by atoms with Gasteiger partial charge < -0.3 is 10.2 Å². The van der Waals surface area contributed by atoms with Gasteiger partial charge in [0.1, 0.15) is 11.5 Å². The average molecular weight is 280 g/mol. The molecule has 2 heteroatoms. The van der Waals surface area contributed by atoms with Crippen LogP contribution in [0.25, 0.3) is 12.2 Å². The fourth-order valence-electron chi connectivity index (χ4n) is 2.23. The molecular formula is C19H20O2. The Morgan fingerprint density at radius 1 is 0.810 bits per heavy atom. The van der Waals surface area contributed by atoms with E-state index in [0.29, 0.717) is 5.56 Å². The first-order valence-corrected chi connectivity index (χ1v) is 7.03. The summed E-state index contributed by atoms with van der Waals surface area (Å²) in [6.45, 7) is 3.87. The summed E-state index contributed by atoms with van der Waals surface area (Å²) in [5.41, 5.74) is 2.49. The van der Waals surface area contributed by atoms with Crippen LogP contribution in [0.15, 0.2) is 54.6 Å². The van der Waals surface area contributed by atoms with Gasteiger partial charge in [-0.15, -0.1) is 0 Å². The van der Waals surface area contributed by atoms with E-state index in [2.05, 4.69) is 0 Å². The van der Waals surface area contributed by atoms with E-state index >= 15 is 0 Å². The van der Waals surface area contributed by atoms with Crippen LogP contribution in [0.4, 0.5) is 0 Å². The quantitative estimate of drug-likeness (QED) is 0.778. The number of phenolic OH excluding ortho intramolecular Hbond substituents is 2. The molecule has 0 aliphatic heterocycles. The van der Waals surface area contributed by atoms with Gasteiger partial charge in [0, 0.05) is 5.56 Å². The fourth-order valence-corrected chi connectivity index (χ4v) is 2.23. The zero-order valence-corrected chi connectivity index (χ0v) is 12.3. The van der Waals surface area contributed by atoms with E-state index in [1.807, 2.05) is 68.5 Å². The highest BCUT2D eigenvalue weighted by atomic mass is 16.3. The molecule has 0 saturated carbocycles. The predicted molar refractivity (Wildman–Crippen MR) is 88.4 cm³/mol. The van der Waals surface area contributed by atoms with Crippen LogP contribution < -0.4 is 0 Å². The maximum atomic E-state index is 9.97. The van der Waals surface area contributed by atoms with Crippen molar-refractivity contribution in [3.63, 3.8) is 0 Å². The molecule has 0 atom stereocenters. The topological polar surface area (TPSA) is 40.5 Å². The zero-order valence-electron chi connectivity index (χ0n) is 12.3. The summed E-state index contributed by atoms with van der Waals surface area (Å²) in [7, 11) is 0. The van der Waals surface area contributed by atoms with E-state index < -0.39 is 0 Å². The molecule has 0 radical (unpaired) electrons. The molecule has 0 aliphatic rings. The van der Waals surface area contributed by atoms with Crippen LogP contribution in [-0.2, 0) is 0 Å². The molecule has 0 amide bonds. The molecule has 0 spiro atoms. The third kappa shape index (κ3) is 3.99. The highest BCUT2D eigenvalue weighted by Gasteiger charge is 2.11. The summed E-state index contributed by atoms with van der Waals surface area (Å²) in [5, 5.41) is 19.9. The van der Waals surface area contributed by atoms with Crippen molar-refractivity contribution in [3.05, 3.63) is 71.3 Å². The molecule has 0 aromatic heterocycles. The number of phenols is 2. The van der Waals surface area contributed by atoms with Crippen molar-refractivity contribution in [2.75, 3.05) is 0 Å². The number of allylic oxidation sites excluding steroid dienone is 2. The van der Waals surface area contributed by atoms with Gasteiger partial charge in [-0.2, -0.15) is 0 Å². The second-order valence-electron chi connectivity index (χ2n) is 5.26. The van der Waals surface area contributed by atoms with Gasteiger partial charge in [-0.1, -0.05) is 68.5 Å². The Kier molecular flexibility index (Phi) is 4.83. The van der Waals surface area contributed by atoms with Crippen LogP contribution >= 0.6 is 0 Å². The van der Waals surface area contributed by atoms with Crippen molar-refractivity contribution in [1.82, 2.24) is 0 Å². The monoisotopic (exact) mass is 280 g/mol. The fraction of sp³-hybridized carbons (Fsp3) is 0.158. The lowest BCUT2D eigenvalue weighted by atomic mass is 9.99. The first kappa shape index (κ1) is 14.9. The van der Waals surface area contributed by atoms with Gasteiger partial charge in [-0.05, 0) is 29.2 Å². The number of hydrogen-bond donors (Lipinski definition) is 2. The average Bonchev–Trinajstić information content (AvgIpc) is 2.43. The molecule has 0 unspecified atom stereocenters. The Bertz CT molecular complexity index is 630. The maximum Gasteiger partial charge on any atom is 0.123 e. The minimum absolute atomic E-state index is 0.0843. The first-order valence-electron chi connectivity index (χ1n) is 7.03. The molecule has 0 fully saturated rings. The van der Waals surface area contributed by atoms with E-state index in [9.17, 15) is 10.2 Å². The SMILES string of the molecule is CC(C)c1c(O)cc(C=CC=Cc2ccccc2)cc1O. The molecule has 108 valence electrons. The van der Waals surface area contributed by atoms with Gasteiger partial charge >= 0.3 is 0 Å². The van der Waals surface area contributed by atoms with Gasteiger partial charge in [-0.25, -0.2) is 0 Å². The molecule has 0 saturated heterocycles. The van der Waals surface area contributed by atoms with E-state index in [0.717, 1.165) is 11.1 Å². The minimum atomic E-state index is 0.0843. The molecule has 2 rings (SSSR count). The Morgan fingerprint density at radius 3 is 1.86 bits per heavy atom. The first-order chi connectivity index (χ1) is 10.1. The van der Waals surface area contributed by atoms with Gasteiger partial charge in [-0.3, -0.25) is 0 Å². The van der Waals surface area contributed by atoms with E-state index in [4.69, 9.17) is 0 Å². The number of hydrogen-bond acceptors (Lipinski definition) is 2. The van der Waals surface area contributed by atoms with Crippen molar-refractivity contribution in [2.45, 2.75) is 19.8 Å². The number of benzene rings is 2. The summed E-state index contributed by atoms with van der Waals surface area (Å²) in [4.78, 5) is 0. The van der Waals surface area contributed by atoms with Crippen LogP contribution in [0.1, 0.15) is 36.5 Å². The normalized spacial score (nSPS) is 11.8. The van der Waals surface area contributed by atoms with Crippen molar-refractivity contribution in [2.24, 2.45) is 0 Å². The maximum absolute atomic E-state index is 9.97.